The number of rotatable bonds is 4. The van der Waals surface area contributed by atoms with E-state index in [1.54, 1.807) is 6.92 Å². The van der Waals surface area contributed by atoms with Crippen LogP contribution in [0, 0.1) is 5.95 Å². The number of hydrogen-bond acceptors (Lipinski definition) is 4. The molecule has 0 saturated carbocycles. The van der Waals surface area contributed by atoms with Crippen LogP contribution in [0.15, 0.2) is 18.3 Å². The van der Waals surface area contributed by atoms with Gasteiger partial charge in [-0.25, -0.2) is 14.2 Å². The Bertz CT molecular complexity index is 374. The number of ether oxygens (including phenoxy) is 1. The van der Waals surface area contributed by atoms with E-state index in [1.165, 1.54) is 18.3 Å². The fraction of sp³-hybridized carbons (Fsp3) is 0.400. The summed E-state index contributed by atoms with van der Waals surface area (Å²) in [6.07, 6.45) is -0.887. The zero-order valence-corrected chi connectivity index (χ0v) is 8.69. The van der Waals surface area contributed by atoms with Crippen molar-refractivity contribution >= 4 is 5.97 Å². The first-order chi connectivity index (χ1) is 7.57. The average molecular weight is 230 g/mol. The largest absolute Gasteiger partial charge is 0.464 e. The zero-order valence-electron chi connectivity index (χ0n) is 8.69. The van der Waals surface area contributed by atoms with Gasteiger partial charge in [0.1, 0.15) is 0 Å². The van der Waals surface area contributed by atoms with Crippen LogP contribution in [0.2, 0.25) is 0 Å². The van der Waals surface area contributed by atoms with Gasteiger partial charge in [0.25, 0.3) is 0 Å². The van der Waals surface area contributed by atoms with Gasteiger partial charge in [-0.2, -0.15) is 4.39 Å². The Hall–Kier alpha value is -1.56. The second kappa shape index (κ2) is 5.50. The molecule has 0 amide bonds. The van der Waals surface area contributed by atoms with E-state index in [1.807, 2.05) is 0 Å². The molecule has 1 rings (SSSR count). The molecule has 2 N–H and O–H groups in total. The van der Waals surface area contributed by atoms with Crippen molar-refractivity contribution in [1.82, 2.24) is 4.98 Å². The van der Waals surface area contributed by atoms with Crippen LogP contribution in [0.3, 0.4) is 0 Å². The van der Waals surface area contributed by atoms with Gasteiger partial charge in [-0.3, -0.25) is 0 Å². The highest BCUT2D eigenvalue weighted by molar-refractivity contribution is 5.75. The lowest BCUT2D eigenvalue weighted by atomic mass is 10.1. The van der Waals surface area contributed by atoms with E-state index in [0.717, 1.165) is 0 Å². The summed E-state index contributed by atoms with van der Waals surface area (Å²) in [7, 11) is 0. The number of esters is 1. The molecule has 0 aromatic carbocycles. The van der Waals surface area contributed by atoms with Crippen molar-refractivity contribution in [3.8, 4) is 0 Å². The van der Waals surface area contributed by atoms with Gasteiger partial charge >= 0.3 is 5.97 Å². The van der Waals surface area contributed by atoms with Gasteiger partial charge < -0.3 is 10.5 Å². The maximum absolute atomic E-state index is 13.4. The van der Waals surface area contributed by atoms with Crippen LogP contribution in [0.25, 0.3) is 0 Å². The van der Waals surface area contributed by atoms with Crippen molar-refractivity contribution in [3.05, 3.63) is 29.8 Å². The summed E-state index contributed by atoms with van der Waals surface area (Å²) in [5, 5.41) is 0. The molecule has 6 heteroatoms. The first kappa shape index (κ1) is 12.5. The van der Waals surface area contributed by atoms with Crippen molar-refractivity contribution in [2.45, 2.75) is 19.1 Å². The predicted octanol–water partition coefficient (Wildman–Crippen LogP) is 1.12. The lowest BCUT2D eigenvalue weighted by molar-refractivity contribution is -0.149. The van der Waals surface area contributed by atoms with Crippen molar-refractivity contribution in [2.75, 3.05) is 6.61 Å². The number of hydrogen-bond donors (Lipinski definition) is 1. The van der Waals surface area contributed by atoms with Gasteiger partial charge in [0, 0.05) is 11.8 Å². The van der Waals surface area contributed by atoms with Crippen molar-refractivity contribution in [2.24, 2.45) is 5.73 Å². The van der Waals surface area contributed by atoms with E-state index in [0.29, 0.717) is 0 Å². The summed E-state index contributed by atoms with van der Waals surface area (Å²) in [4.78, 5) is 14.4. The quantitative estimate of drug-likeness (QED) is 0.621. The molecule has 0 aliphatic rings. The van der Waals surface area contributed by atoms with Gasteiger partial charge in [0.15, 0.2) is 0 Å². The highest BCUT2D eigenvalue weighted by Crippen LogP contribution is 2.19. The van der Waals surface area contributed by atoms with Crippen molar-refractivity contribution < 1.29 is 18.3 Å². The predicted molar refractivity (Wildman–Crippen MR) is 52.7 cm³/mol. The lowest BCUT2D eigenvalue weighted by Gasteiger charge is -2.15. The second-order valence-corrected chi connectivity index (χ2v) is 3.06. The number of pyridine rings is 1. The number of carbonyl (C=O) groups is 1. The summed E-state index contributed by atoms with van der Waals surface area (Å²) < 4.78 is 31.0. The molecule has 0 spiro atoms. The minimum absolute atomic E-state index is 0.0431. The maximum Gasteiger partial charge on any atom is 0.342 e. The molecule has 0 radical (unpaired) electrons. The van der Waals surface area contributed by atoms with E-state index in [2.05, 4.69) is 9.72 Å². The Balaban J connectivity index is 2.82. The van der Waals surface area contributed by atoms with E-state index in [4.69, 9.17) is 5.73 Å². The Morgan fingerprint density at radius 2 is 2.38 bits per heavy atom. The van der Waals surface area contributed by atoms with Gasteiger partial charge in [0.05, 0.1) is 12.6 Å². The number of nitrogens with two attached hydrogens (primary N) is 1. The molecule has 1 heterocycles. The number of alkyl halides is 1. The molecule has 2 atom stereocenters. The SMILES string of the molecule is CCOC(=O)C(F)[C@H](N)c1cccnc1F. The Morgan fingerprint density at radius 1 is 1.69 bits per heavy atom. The van der Waals surface area contributed by atoms with E-state index < -0.39 is 24.1 Å². The third-order valence-corrected chi connectivity index (χ3v) is 1.97. The van der Waals surface area contributed by atoms with Crippen LogP contribution in [-0.2, 0) is 9.53 Å². The molecule has 88 valence electrons. The monoisotopic (exact) mass is 230 g/mol. The van der Waals surface area contributed by atoms with E-state index in [-0.39, 0.29) is 12.2 Å². The molecule has 0 fully saturated rings. The number of nitrogens with zero attached hydrogens (tertiary/aromatic N) is 1. The van der Waals surface area contributed by atoms with E-state index in [9.17, 15) is 13.6 Å². The molecule has 0 aliphatic heterocycles. The summed E-state index contributed by atoms with van der Waals surface area (Å²) in [5.74, 6) is -1.99. The highest BCUT2D eigenvalue weighted by Gasteiger charge is 2.29. The Morgan fingerprint density at radius 3 is 2.94 bits per heavy atom. The summed E-state index contributed by atoms with van der Waals surface area (Å²) in [6, 6.07) is 1.28. The summed E-state index contributed by atoms with van der Waals surface area (Å²) in [6.45, 7) is 1.59. The highest BCUT2D eigenvalue weighted by atomic mass is 19.1. The van der Waals surface area contributed by atoms with Gasteiger partial charge in [0.2, 0.25) is 12.1 Å². The molecule has 0 saturated heterocycles. The van der Waals surface area contributed by atoms with E-state index >= 15 is 0 Å². The molecular formula is C10H12F2N2O2. The fourth-order valence-electron chi connectivity index (χ4n) is 1.17. The molecule has 1 aromatic rings. The zero-order chi connectivity index (χ0) is 12.1. The average Bonchev–Trinajstić information content (AvgIpc) is 2.28. The maximum atomic E-state index is 13.4. The first-order valence-electron chi connectivity index (χ1n) is 4.74. The molecule has 4 nitrogen and oxygen atoms in total. The Labute approximate surface area is 91.4 Å². The van der Waals surface area contributed by atoms with Crippen molar-refractivity contribution in [1.29, 1.82) is 0 Å². The second-order valence-electron chi connectivity index (χ2n) is 3.06. The van der Waals surface area contributed by atoms with Gasteiger partial charge in [-0.1, -0.05) is 6.07 Å². The number of carbonyl (C=O) groups excluding carboxylic acids is 1. The molecular weight excluding hydrogens is 218 g/mol. The van der Waals surface area contributed by atoms with Gasteiger partial charge in [-0.15, -0.1) is 0 Å². The summed E-state index contributed by atoms with van der Waals surface area (Å²) >= 11 is 0. The number of halogens is 2. The first-order valence-corrected chi connectivity index (χ1v) is 4.74. The standard InChI is InChI=1S/C10H12F2N2O2/c1-2-16-10(15)7(11)8(13)6-4-3-5-14-9(6)12/h3-5,7-8H,2,13H2,1H3/t7?,8-/m1/s1. The molecule has 1 aromatic heterocycles. The van der Waals surface area contributed by atoms with Crippen molar-refractivity contribution in [3.63, 3.8) is 0 Å². The molecule has 16 heavy (non-hydrogen) atoms. The third kappa shape index (κ3) is 2.73. The van der Waals surface area contributed by atoms with Crippen LogP contribution in [0.4, 0.5) is 8.78 Å². The van der Waals surface area contributed by atoms with Gasteiger partial charge in [-0.05, 0) is 13.0 Å². The molecule has 1 unspecified atom stereocenters. The van der Waals surface area contributed by atoms with Crippen LogP contribution in [0.1, 0.15) is 18.5 Å². The summed E-state index contributed by atoms with van der Waals surface area (Å²) in [5.41, 5.74) is 5.26. The molecule has 0 aliphatic carbocycles. The number of aromatic nitrogens is 1. The third-order valence-electron chi connectivity index (χ3n) is 1.97. The van der Waals surface area contributed by atoms with Crippen LogP contribution in [0.5, 0.6) is 0 Å². The topological polar surface area (TPSA) is 65.2 Å². The smallest absolute Gasteiger partial charge is 0.342 e. The minimum Gasteiger partial charge on any atom is -0.464 e. The Kier molecular flexibility index (Phi) is 4.30. The fourth-order valence-corrected chi connectivity index (χ4v) is 1.17. The molecule has 0 bridgehead atoms. The minimum atomic E-state index is -2.10. The van der Waals surface area contributed by atoms with Crippen LogP contribution >= 0.6 is 0 Å². The lowest BCUT2D eigenvalue weighted by Crippen LogP contribution is -2.32. The van der Waals surface area contributed by atoms with Crippen LogP contribution in [-0.4, -0.2) is 23.7 Å². The normalized spacial score (nSPS) is 14.2. The van der Waals surface area contributed by atoms with Crippen LogP contribution < -0.4 is 5.73 Å².